The first-order valence-electron chi connectivity index (χ1n) is 9.72. The van der Waals surface area contributed by atoms with Gasteiger partial charge in [0, 0.05) is 0 Å². The summed E-state index contributed by atoms with van der Waals surface area (Å²) in [5, 5.41) is 14.9. The zero-order valence-corrected chi connectivity index (χ0v) is 17.6. The van der Waals surface area contributed by atoms with Crippen molar-refractivity contribution in [3.8, 4) is 16.8 Å². The minimum atomic E-state index is -0.381. The van der Waals surface area contributed by atoms with E-state index in [1.807, 2.05) is 37.3 Å². The van der Waals surface area contributed by atoms with Gasteiger partial charge in [-0.2, -0.15) is 4.68 Å². The van der Waals surface area contributed by atoms with Crippen LogP contribution in [-0.4, -0.2) is 31.9 Å². The molecule has 0 saturated carbocycles. The number of halogens is 1. The largest absolute Gasteiger partial charge is 0.349 e. The van der Waals surface area contributed by atoms with Crippen LogP contribution in [0, 0.1) is 5.82 Å². The fraction of sp³-hybridized carbons (Fsp3) is 0.130. The molecule has 0 radical (unpaired) electrons. The molecule has 4 aromatic rings. The standard InChI is InChI=1S/C23H20FN5OS/c1-16(17-10-12-19(13-11-17)18-6-3-2-4-7-18)25-22(30)15-31-23-26-27-28-29(23)21-9-5-8-20(24)14-21/h2-14,16H,15H2,1H3,(H,25,30)/t16-/m0/s1. The van der Waals surface area contributed by atoms with Crippen LogP contribution >= 0.6 is 11.8 Å². The van der Waals surface area contributed by atoms with Crippen molar-refractivity contribution in [2.75, 3.05) is 5.75 Å². The first-order chi connectivity index (χ1) is 15.1. The van der Waals surface area contributed by atoms with Crippen LogP contribution in [0.15, 0.2) is 84.0 Å². The molecule has 8 heteroatoms. The van der Waals surface area contributed by atoms with Crippen LogP contribution in [0.5, 0.6) is 0 Å². The van der Waals surface area contributed by atoms with E-state index in [1.165, 1.54) is 28.6 Å². The molecule has 1 amide bonds. The molecule has 1 N–H and O–H groups in total. The first kappa shape index (κ1) is 20.7. The van der Waals surface area contributed by atoms with Gasteiger partial charge in [-0.15, -0.1) is 5.10 Å². The number of amides is 1. The Bertz CT molecular complexity index is 1160. The molecule has 0 aliphatic carbocycles. The third-order valence-electron chi connectivity index (χ3n) is 4.72. The van der Waals surface area contributed by atoms with Crippen LogP contribution in [0.1, 0.15) is 18.5 Å². The number of hydrogen-bond acceptors (Lipinski definition) is 5. The summed E-state index contributed by atoms with van der Waals surface area (Å²) in [7, 11) is 0. The number of tetrazole rings is 1. The van der Waals surface area contributed by atoms with E-state index in [-0.39, 0.29) is 23.5 Å². The molecular formula is C23H20FN5OS. The van der Waals surface area contributed by atoms with Crippen LogP contribution in [0.4, 0.5) is 4.39 Å². The van der Waals surface area contributed by atoms with Crippen molar-refractivity contribution in [3.05, 3.63) is 90.2 Å². The highest BCUT2D eigenvalue weighted by molar-refractivity contribution is 7.99. The highest BCUT2D eigenvalue weighted by Crippen LogP contribution is 2.22. The maximum absolute atomic E-state index is 13.5. The molecular weight excluding hydrogens is 413 g/mol. The van der Waals surface area contributed by atoms with E-state index in [4.69, 9.17) is 0 Å². The molecule has 1 atom stereocenters. The Kier molecular flexibility index (Phi) is 6.37. The lowest BCUT2D eigenvalue weighted by atomic mass is 10.0. The van der Waals surface area contributed by atoms with Crippen molar-refractivity contribution in [1.82, 2.24) is 25.5 Å². The van der Waals surface area contributed by atoms with Crippen molar-refractivity contribution in [3.63, 3.8) is 0 Å². The van der Waals surface area contributed by atoms with E-state index in [1.54, 1.807) is 12.1 Å². The molecule has 31 heavy (non-hydrogen) atoms. The van der Waals surface area contributed by atoms with Gasteiger partial charge < -0.3 is 5.32 Å². The SMILES string of the molecule is C[C@H](NC(=O)CSc1nnnn1-c1cccc(F)c1)c1ccc(-c2ccccc2)cc1. The van der Waals surface area contributed by atoms with Crippen molar-refractivity contribution < 1.29 is 9.18 Å². The van der Waals surface area contributed by atoms with Crippen LogP contribution in [0.3, 0.4) is 0 Å². The summed E-state index contributed by atoms with van der Waals surface area (Å²) in [6, 6.07) is 24.1. The van der Waals surface area contributed by atoms with Crippen molar-refractivity contribution in [2.45, 2.75) is 18.1 Å². The molecule has 0 spiro atoms. The van der Waals surface area contributed by atoms with Gasteiger partial charge in [-0.05, 0) is 52.2 Å². The van der Waals surface area contributed by atoms with Gasteiger partial charge in [0.2, 0.25) is 11.1 Å². The van der Waals surface area contributed by atoms with E-state index >= 15 is 0 Å². The fourth-order valence-corrected chi connectivity index (χ4v) is 3.83. The number of nitrogens with zero attached hydrogens (tertiary/aromatic N) is 4. The van der Waals surface area contributed by atoms with E-state index < -0.39 is 0 Å². The Balaban J connectivity index is 1.35. The molecule has 1 heterocycles. The van der Waals surface area contributed by atoms with Gasteiger partial charge in [-0.3, -0.25) is 4.79 Å². The summed E-state index contributed by atoms with van der Waals surface area (Å²) in [5.74, 6) is -0.380. The van der Waals surface area contributed by atoms with E-state index in [0.29, 0.717) is 10.8 Å². The third-order valence-corrected chi connectivity index (χ3v) is 5.64. The van der Waals surface area contributed by atoms with Crippen LogP contribution in [0.2, 0.25) is 0 Å². The zero-order chi connectivity index (χ0) is 21.6. The highest BCUT2D eigenvalue weighted by Gasteiger charge is 2.14. The second-order valence-electron chi connectivity index (χ2n) is 6.92. The van der Waals surface area contributed by atoms with Crippen LogP contribution in [0.25, 0.3) is 16.8 Å². The Hall–Kier alpha value is -3.52. The minimum Gasteiger partial charge on any atom is -0.349 e. The Labute approximate surface area is 183 Å². The Morgan fingerprint density at radius 3 is 2.52 bits per heavy atom. The van der Waals surface area contributed by atoms with Gasteiger partial charge in [0.05, 0.1) is 17.5 Å². The van der Waals surface area contributed by atoms with Gasteiger partial charge in [-0.25, -0.2) is 4.39 Å². The molecule has 1 aromatic heterocycles. The quantitative estimate of drug-likeness (QED) is 0.436. The van der Waals surface area contributed by atoms with Crippen molar-refractivity contribution in [1.29, 1.82) is 0 Å². The zero-order valence-electron chi connectivity index (χ0n) is 16.8. The van der Waals surface area contributed by atoms with E-state index in [9.17, 15) is 9.18 Å². The minimum absolute atomic E-state index is 0.140. The molecule has 156 valence electrons. The van der Waals surface area contributed by atoms with E-state index in [0.717, 1.165) is 16.7 Å². The molecule has 0 unspecified atom stereocenters. The topological polar surface area (TPSA) is 72.7 Å². The monoisotopic (exact) mass is 433 g/mol. The van der Waals surface area contributed by atoms with Crippen molar-refractivity contribution in [2.24, 2.45) is 0 Å². The molecule has 0 saturated heterocycles. The second kappa shape index (κ2) is 9.53. The van der Waals surface area contributed by atoms with Gasteiger partial charge in [0.15, 0.2) is 0 Å². The summed E-state index contributed by atoms with van der Waals surface area (Å²) in [6.07, 6.45) is 0. The molecule has 6 nitrogen and oxygen atoms in total. The smallest absolute Gasteiger partial charge is 0.230 e. The second-order valence-corrected chi connectivity index (χ2v) is 7.86. The predicted octanol–water partition coefficient (Wildman–Crippen LogP) is 4.44. The molecule has 0 bridgehead atoms. The summed E-state index contributed by atoms with van der Waals surface area (Å²) < 4.78 is 14.9. The first-order valence-corrected chi connectivity index (χ1v) is 10.7. The predicted molar refractivity (Wildman–Crippen MR) is 118 cm³/mol. The lowest BCUT2D eigenvalue weighted by Crippen LogP contribution is -2.28. The maximum atomic E-state index is 13.5. The number of rotatable bonds is 7. The molecule has 4 rings (SSSR count). The number of benzene rings is 3. The van der Waals surface area contributed by atoms with Crippen molar-refractivity contribution >= 4 is 17.7 Å². The number of hydrogen-bond donors (Lipinski definition) is 1. The average Bonchev–Trinajstić information content (AvgIpc) is 3.27. The highest BCUT2D eigenvalue weighted by atomic mass is 32.2. The fourth-order valence-electron chi connectivity index (χ4n) is 3.13. The van der Waals surface area contributed by atoms with Gasteiger partial charge in [-0.1, -0.05) is 72.4 Å². The maximum Gasteiger partial charge on any atom is 0.230 e. The summed E-state index contributed by atoms with van der Waals surface area (Å²) in [6.45, 7) is 1.94. The number of thioether (sulfide) groups is 1. The number of aromatic nitrogens is 4. The number of carbonyl (C=O) groups excluding carboxylic acids is 1. The Morgan fingerprint density at radius 1 is 1.03 bits per heavy atom. The summed E-state index contributed by atoms with van der Waals surface area (Å²) in [4.78, 5) is 12.4. The molecule has 0 aliphatic rings. The van der Waals surface area contributed by atoms with Crippen LogP contribution < -0.4 is 5.32 Å². The molecule has 3 aromatic carbocycles. The van der Waals surface area contributed by atoms with Gasteiger partial charge in [0.1, 0.15) is 5.82 Å². The molecule has 0 fully saturated rings. The Morgan fingerprint density at radius 2 is 1.77 bits per heavy atom. The van der Waals surface area contributed by atoms with E-state index in [2.05, 4.69) is 45.1 Å². The molecule has 0 aliphatic heterocycles. The van der Waals surface area contributed by atoms with Gasteiger partial charge >= 0.3 is 0 Å². The third kappa shape index (κ3) is 5.16. The average molecular weight is 434 g/mol. The summed E-state index contributed by atoms with van der Waals surface area (Å²) >= 11 is 1.19. The summed E-state index contributed by atoms with van der Waals surface area (Å²) in [5.41, 5.74) is 3.79. The van der Waals surface area contributed by atoms with Crippen LogP contribution in [-0.2, 0) is 4.79 Å². The normalized spacial score (nSPS) is 11.8. The number of carbonyl (C=O) groups is 1. The van der Waals surface area contributed by atoms with Gasteiger partial charge in [0.25, 0.3) is 0 Å². The number of nitrogens with one attached hydrogen (secondary N) is 1. The lowest BCUT2D eigenvalue weighted by molar-refractivity contribution is -0.119. The lowest BCUT2D eigenvalue weighted by Gasteiger charge is -2.15.